The van der Waals surface area contributed by atoms with Crippen molar-refractivity contribution in [3.05, 3.63) is 29.8 Å². The van der Waals surface area contributed by atoms with Gasteiger partial charge in [-0.2, -0.15) is 0 Å². The Bertz CT molecular complexity index is 434. The zero-order valence-corrected chi connectivity index (χ0v) is 12.7. The van der Waals surface area contributed by atoms with Crippen LogP contribution in [-0.2, 0) is 0 Å². The van der Waals surface area contributed by atoms with Crippen LogP contribution in [0.1, 0.15) is 31.7 Å². The van der Waals surface area contributed by atoms with Crippen molar-refractivity contribution in [2.45, 2.75) is 26.2 Å². The van der Waals surface area contributed by atoms with Crippen LogP contribution in [0.3, 0.4) is 0 Å². The summed E-state index contributed by atoms with van der Waals surface area (Å²) in [5, 5.41) is 0. The average molecular weight is 274 g/mol. The summed E-state index contributed by atoms with van der Waals surface area (Å²) in [6, 6.07) is 7.84. The summed E-state index contributed by atoms with van der Waals surface area (Å²) in [7, 11) is 2.14. The predicted octanol–water partition coefficient (Wildman–Crippen LogP) is 2.50. The lowest BCUT2D eigenvalue weighted by Crippen LogP contribution is -2.25. The molecule has 0 radical (unpaired) electrons. The van der Waals surface area contributed by atoms with Gasteiger partial charge in [0, 0.05) is 12.1 Å². The molecule has 0 bridgehead atoms. The minimum absolute atomic E-state index is 0.383. The monoisotopic (exact) mass is 274 g/mol. The van der Waals surface area contributed by atoms with Crippen LogP contribution in [-0.4, -0.2) is 38.2 Å². The summed E-state index contributed by atoms with van der Waals surface area (Å²) >= 11 is 0. The Morgan fingerprint density at radius 1 is 1.25 bits per heavy atom. The van der Waals surface area contributed by atoms with E-state index in [2.05, 4.69) is 30.7 Å². The molecule has 0 saturated heterocycles. The highest BCUT2D eigenvalue weighted by atomic mass is 16.5. The number of benzene rings is 1. The standard InChI is InChI=1S/C17H26N2O/c1-3-4-5-12-19(2)13-14-20-17-10-6-8-16(15-17)9-7-11-18/h6,8,10,15H,3-5,11-14,18H2,1-2H3. The lowest BCUT2D eigenvalue weighted by atomic mass is 10.2. The minimum atomic E-state index is 0.383. The molecule has 0 atom stereocenters. The number of likely N-dealkylation sites (N-methyl/N-ethyl adjacent to an activating group) is 1. The molecule has 0 aromatic heterocycles. The van der Waals surface area contributed by atoms with E-state index >= 15 is 0 Å². The molecule has 2 N–H and O–H groups in total. The normalized spacial score (nSPS) is 10.2. The summed E-state index contributed by atoms with van der Waals surface area (Å²) in [5.41, 5.74) is 6.32. The molecule has 0 saturated carbocycles. The van der Waals surface area contributed by atoms with Crippen molar-refractivity contribution >= 4 is 0 Å². The minimum Gasteiger partial charge on any atom is -0.492 e. The van der Waals surface area contributed by atoms with Crippen molar-refractivity contribution in [1.29, 1.82) is 0 Å². The van der Waals surface area contributed by atoms with Gasteiger partial charge in [0.1, 0.15) is 12.4 Å². The van der Waals surface area contributed by atoms with Crippen LogP contribution in [0.5, 0.6) is 5.75 Å². The van der Waals surface area contributed by atoms with Gasteiger partial charge in [-0.15, -0.1) is 0 Å². The summed E-state index contributed by atoms with van der Waals surface area (Å²) in [6.07, 6.45) is 3.82. The summed E-state index contributed by atoms with van der Waals surface area (Å²) < 4.78 is 5.76. The molecule has 0 aliphatic carbocycles. The fraction of sp³-hybridized carbons (Fsp3) is 0.529. The highest BCUT2D eigenvalue weighted by molar-refractivity contribution is 5.39. The molecule has 0 fully saturated rings. The number of nitrogens with zero attached hydrogens (tertiary/aromatic N) is 1. The van der Waals surface area contributed by atoms with Gasteiger partial charge in [0.15, 0.2) is 0 Å². The summed E-state index contributed by atoms with van der Waals surface area (Å²) in [5.74, 6) is 6.73. The molecule has 3 nitrogen and oxygen atoms in total. The van der Waals surface area contributed by atoms with Gasteiger partial charge in [0.05, 0.1) is 6.54 Å². The first-order valence-corrected chi connectivity index (χ1v) is 7.36. The first-order chi connectivity index (χ1) is 9.76. The predicted molar refractivity (Wildman–Crippen MR) is 84.9 cm³/mol. The quantitative estimate of drug-likeness (QED) is 0.585. The third-order valence-electron chi connectivity index (χ3n) is 3.05. The van der Waals surface area contributed by atoms with Gasteiger partial charge < -0.3 is 15.4 Å². The van der Waals surface area contributed by atoms with Crippen LogP contribution >= 0.6 is 0 Å². The molecule has 0 aliphatic heterocycles. The smallest absolute Gasteiger partial charge is 0.120 e. The van der Waals surface area contributed by atoms with Gasteiger partial charge in [0.25, 0.3) is 0 Å². The number of unbranched alkanes of at least 4 members (excludes halogenated alkanes) is 2. The van der Waals surface area contributed by atoms with Crippen molar-refractivity contribution in [2.75, 3.05) is 33.3 Å². The van der Waals surface area contributed by atoms with E-state index in [1.807, 2.05) is 24.3 Å². The maximum absolute atomic E-state index is 5.76. The number of rotatable bonds is 8. The van der Waals surface area contributed by atoms with E-state index in [-0.39, 0.29) is 0 Å². The highest BCUT2D eigenvalue weighted by Gasteiger charge is 1.99. The van der Waals surface area contributed by atoms with Crippen LogP contribution in [0, 0.1) is 11.8 Å². The molecule has 3 heteroatoms. The van der Waals surface area contributed by atoms with Crippen LogP contribution in [0.2, 0.25) is 0 Å². The molecule has 20 heavy (non-hydrogen) atoms. The van der Waals surface area contributed by atoms with Crippen LogP contribution in [0.25, 0.3) is 0 Å². The SMILES string of the molecule is CCCCCN(C)CCOc1cccc(C#CCN)c1. The lowest BCUT2D eigenvalue weighted by Gasteiger charge is -2.16. The van der Waals surface area contributed by atoms with E-state index in [0.29, 0.717) is 13.2 Å². The van der Waals surface area contributed by atoms with Gasteiger partial charge in [-0.3, -0.25) is 0 Å². The van der Waals surface area contributed by atoms with Crippen LogP contribution in [0.15, 0.2) is 24.3 Å². The van der Waals surface area contributed by atoms with E-state index in [1.54, 1.807) is 0 Å². The highest BCUT2D eigenvalue weighted by Crippen LogP contribution is 2.12. The molecule has 0 amide bonds. The molecular weight excluding hydrogens is 248 g/mol. The van der Waals surface area contributed by atoms with Crippen LogP contribution < -0.4 is 10.5 Å². The van der Waals surface area contributed by atoms with Crippen molar-refractivity contribution in [3.8, 4) is 17.6 Å². The van der Waals surface area contributed by atoms with E-state index in [9.17, 15) is 0 Å². The number of hydrogen-bond acceptors (Lipinski definition) is 3. The molecule has 1 rings (SSSR count). The largest absolute Gasteiger partial charge is 0.492 e. The second-order valence-corrected chi connectivity index (χ2v) is 4.89. The summed E-state index contributed by atoms with van der Waals surface area (Å²) in [6.45, 7) is 5.40. The third kappa shape index (κ3) is 7.18. The third-order valence-corrected chi connectivity index (χ3v) is 3.05. The zero-order valence-electron chi connectivity index (χ0n) is 12.7. The lowest BCUT2D eigenvalue weighted by molar-refractivity contribution is 0.235. The Morgan fingerprint density at radius 2 is 2.10 bits per heavy atom. The fourth-order valence-electron chi connectivity index (χ4n) is 1.88. The second-order valence-electron chi connectivity index (χ2n) is 4.89. The molecule has 0 aliphatic rings. The van der Waals surface area contributed by atoms with E-state index in [4.69, 9.17) is 10.5 Å². The maximum Gasteiger partial charge on any atom is 0.120 e. The first-order valence-electron chi connectivity index (χ1n) is 7.36. The molecule has 0 unspecified atom stereocenters. The van der Waals surface area contributed by atoms with Gasteiger partial charge >= 0.3 is 0 Å². The molecule has 1 aromatic rings. The summed E-state index contributed by atoms with van der Waals surface area (Å²) in [4.78, 5) is 2.31. The van der Waals surface area contributed by atoms with Gasteiger partial charge in [0.2, 0.25) is 0 Å². The van der Waals surface area contributed by atoms with Crippen molar-refractivity contribution in [2.24, 2.45) is 5.73 Å². The van der Waals surface area contributed by atoms with Crippen LogP contribution in [0.4, 0.5) is 0 Å². The first kappa shape index (κ1) is 16.6. The van der Waals surface area contributed by atoms with Crippen molar-refractivity contribution in [3.63, 3.8) is 0 Å². The second kappa shape index (κ2) is 10.3. The average Bonchev–Trinajstić information content (AvgIpc) is 2.46. The zero-order chi connectivity index (χ0) is 14.6. The van der Waals surface area contributed by atoms with Gasteiger partial charge in [-0.1, -0.05) is 37.7 Å². The molecule has 0 spiro atoms. The number of nitrogens with two attached hydrogens (primary N) is 1. The maximum atomic E-state index is 5.76. The van der Waals surface area contributed by atoms with Gasteiger partial charge in [-0.25, -0.2) is 0 Å². The molecule has 1 aromatic carbocycles. The molecule has 110 valence electrons. The Balaban J connectivity index is 2.31. The topological polar surface area (TPSA) is 38.5 Å². The Kier molecular flexibility index (Phi) is 8.53. The van der Waals surface area contributed by atoms with E-state index in [1.165, 1.54) is 19.3 Å². The Hall–Kier alpha value is -1.50. The van der Waals surface area contributed by atoms with E-state index in [0.717, 1.165) is 24.4 Å². The van der Waals surface area contributed by atoms with E-state index < -0.39 is 0 Å². The van der Waals surface area contributed by atoms with Crippen molar-refractivity contribution in [1.82, 2.24) is 4.90 Å². The van der Waals surface area contributed by atoms with Crippen molar-refractivity contribution < 1.29 is 4.74 Å². The Labute approximate surface area is 123 Å². The molecular formula is C17H26N2O. The Morgan fingerprint density at radius 3 is 2.85 bits per heavy atom. The molecule has 0 heterocycles. The fourth-order valence-corrected chi connectivity index (χ4v) is 1.88. The number of hydrogen-bond donors (Lipinski definition) is 1. The van der Waals surface area contributed by atoms with Gasteiger partial charge in [-0.05, 0) is 38.2 Å². The number of ether oxygens (including phenoxy) is 1.